The van der Waals surface area contributed by atoms with Crippen molar-refractivity contribution in [1.82, 2.24) is 9.88 Å². The van der Waals surface area contributed by atoms with Crippen LogP contribution in [-0.4, -0.2) is 23.2 Å². The molecule has 1 heterocycles. The number of carbonyl (C=O) groups is 1. The van der Waals surface area contributed by atoms with E-state index < -0.39 is 29.9 Å². The second kappa shape index (κ2) is 6.51. The summed E-state index contributed by atoms with van der Waals surface area (Å²) in [5, 5.41) is 1.65. The minimum absolute atomic E-state index is 0.0616. The van der Waals surface area contributed by atoms with Gasteiger partial charge in [-0.2, -0.15) is 13.2 Å². The lowest BCUT2D eigenvalue weighted by Gasteiger charge is -2.08. The summed E-state index contributed by atoms with van der Waals surface area (Å²) in [4.78, 5) is 23.5. The molecule has 0 radical (unpaired) electrons. The van der Waals surface area contributed by atoms with Gasteiger partial charge in [0.25, 0.3) is 11.5 Å². The molecule has 116 valence electrons. The number of hydrogen-bond donors (Lipinski definition) is 3. The minimum atomic E-state index is -4.54. The first-order valence-electron chi connectivity index (χ1n) is 5.72. The summed E-state index contributed by atoms with van der Waals surface area (Å²) in [5.74, 6) is -1.10. The van der Waals surface area contributed by atoms with Gasteiger partial charge in [-0.15, -0.1) is 11.3 Å². The van der Waals surface area contributed by atoms with Crippen molar-refractivity contribution < 1.29 is 18.0 Å². The Morgan fingerprint density at radius 1 is 1.52 bits per heavy atom. The molecule has 1 aromatic rings. The van der Waals surface area contributed by atoms with Crippen LogP contribution in [0, 0.1) is 0 Å². The van der Waals surface area contributed by atoms with E-state index in [0.717, 1.165) is 17.5 Å². The monoisotopic (exact) mass is 322 g/mol. The predicted octanol–water partition coefficient (Wildman–Crippen LogP) is -1.47. The normalized spacial score (nSPS) is 12.6. The van der Waals surface area contributed by atoms with Crippen molar-refractivity contribution in [2.75, 3.05) is 6.54 Å². The van der Waals surface area contributed by atoms with Gasteiger partial charge in [0.05, 0.1) is 0 Å². The molecule has 1 amide bonds. The number of nitrogens with one attached hydrogen (secondary N) is 1. The fourth-order valence-electron chi connectivity index (χ4n) is 1.44. The summed E-state index contributed by atoms with van der Waals surface area (Å²) < 4.78 is 37.5. The number of halogens is 3. The molecule has 0 unspecified atom stereocenters. The zero-order valence-electron chi connectivity index (χ0n) is 11.0. The highest BCUT2D eigenvalue weighted by molar-refractivity contribution is 7.07. The predicted molar refractivity (Wildman–Crippen MR) is 72.3 cm³/mol. The number of alkyl halides is 3. The molecule has 5 N–H and O–H groups in total. The molecule has 0 atom stereocenters. The summed E-state index contributed by atoms with van der Waals surface area (Å²) in [5.41, 5.74) is 12.2. The minimum Gasteiger partial charge on any atom is -0.398 e. The van der Waals surface area contributed by atoms with Crippen LogP contribution >= 0.6 is 11.3 Å². The van der Waals surface area contributed by atoms with Crippen LogP contribution in [0.2, 0.25) is 0 Å². The van der Waals surface area contributed by atoms with Gasteiger partial charge in [-0.3, -0.25) is 14.2 Å². The fraction of sp³-hybridized carbons (Fsp3) is 0.364. The highest BCUT2D eigenvalue weighted by Gasteiger charge is 2.28. The molecule has 0 fully saturated rings. The third kappa shape index (κ3) is 4.14. The Balaban J connectivity index is 3.36. The molecule has 0 aliphatic carbocycles. The summed E-state index contributed by atoms with van der Waals surface area (Å²) in [7, 11) is 0. The Kier molecular flexibility index (Phi) is 5.23. The maximum atomic E-state index is 12.1. The van der Waals surface area contributed by atoms with Crippen LogP contribution in [0.3, 0.4) is 0 Å². The van der Waals surface area contributed by atoms with Crippen LogP contribution in [0.5, 0.6) is 0 Å². The summed E-state index contributed by atoms with van der Waals surface area (Å²) >= 11 is 0.829. The molecule has 1 aromatic heterocycles. The maximum absolute atomic E-state index is 12.1. The van der Waals surface area contributed by atoms with Crippen molar-refractivity contribution in [3.8, 4) is 0 Å². The number of hydrogen-bond acceptors (Lipinski definition) is 5. The summed E-state index contributed by atoms with van der Waals surface area (Å²) in [6.07, 6.45) is -3.52. The first kappa shape index (κ1) is 16.9. The van der Waals surface area contributed by atoms with Crippen LogP contribution in [0.25, 0.3) is 11.4 Å². The SMILES string of the molecule is CCn1c(=O)c(=C=CN)s/c1=C(/N)C(=O)NCC(F)(F)F. The molecule has 1 rings (SSSR count). The number of aromatic nitrogens is 1. The molecule has 0 saturated carbocycles. The fourth-order valence-corrected chi connectivity index (χ4v) is 2.48. The number of carbonyl (C=O) groups excluding carboxylic acids is 1. The quantitative estimate of drug-likeness (QED) is 0.632. The number of rotatable bonds is 3. The average Bonchev–Trinajstić information content (AvgIpc) is 2.71. The van der Waals surface area contributed by atoms with Crippen molar-refractivity contribution in [1.29, 1.82) is 0 Å². The van der Waals surface area contributed by atoms with E-state index in [0.29, 0.717) is 0 Å². The molecule has 0 aliphatic heterocycles. The second-order valence-corrected chi connectivity index (χ2v) is 4.81. The molecular formula is C11H13F3N4O2S. The van der Waals surface area contributed by atoms with Crippen LogP contribution < -0.4 is 31.5 Å². The van der Waals surface area contributed by atoms with Gasteiger partial charge in [0.15, 0.2) is 0 Å². The number of nitrogens with zero attached hydrogens (tertiary/aromatic N) is 1. The smallest absolute Gasteiger partial charge is 0.398 e. The first-order chi connectivity index (χ1) is 9.71. The van der Waals surface area contributed by atoms with Crippen molar-refractivity contribution in [3.63, 3.8) is 0 Å². The van der Waals surface area contributed by atoms with Crippen LogP contribution in [0.4, 0.5) is 13.2 Å². The Hall–Kier alpha value is -2.19. The van der Waals surface area contributed by atoms with E-state index in [-0.39, 0.29) is 15.7 Å². The molecule has 6 nitrogen and oxygen atoms in total. The Morgan fingerprint density at radius 3 is 2.62 bits per heavy atom. The molecule has 0 saturated heterocycles. The van der Waals surface area contributed by atoms with Gasteiger partial charge in [0.2, 0.25) is 0 Å². The molecule has 0 aromatic carbocycles. The van der Waals surface area contributed by atoms with Crippen molar-refractivity contribution in [2.45, 2.75) is 19.6 Å². The van der Waals surface area contributed by atoms with Crippen molar-refractivity contribution >= 4 is 28.7 Å². The number of thiazole rings is 1. The highest BCUT2D eigenvalue weighted by atomic mass is 32.1. The van der Waals surface area contributed by atoms with Crippen molar-refractivity contribution in [2.24, 2.45) is 11.5 Å². The van der Waals surface area contributed by atoms with Crippen LogP contribution in [-0.2, 0) is 11.3 Å². The lowest BCUT2D eigenvalue weighted by Crippen LogP contribution is -2.40. The molecule has 0 aliphatic rings. The third-order valence-corrected chi connectivity index (χ3v) is 3.47. The first-order valence-corrected chi connectivity index (χ1v) is 6.54. The van der Waals surface area contributed by atoms with Gasteiger partial charge < -0.3 is 16.8 Å². The van der Waals surface area contributed by atoms with Gasteiger partial charge in [-0.1, -0.05) is 5.73 Å². The van der Waals surface area contributed by atoms with Crippen LogP contribution in [0.15, 0.2) is 11.0 Å². The van der Waals surface area contributed by atoms with Gasteiger partial charge in [-0.05, 0) is 6.92 Å². The molecule has 0 spiro atoms. The Labute approximate surface area is 120 Å². The van der Waals surface area contributed by atoms with Gasteiger partial charge in [0.1, 0.15) is 21.4 Å². The second-order valence-electron chi connectivity index (χ2n) is 3.81. The molecule has 21 heavy (non-hydrogen) atoms. The Morgan fingerprint density at radius 2 is 2.14 bits per heavy atom. The van der Waals surface area contributed by atoms with Crippen LogP contribution in [0.1, 0.15) is 6.92 Å². The molecular weight excluding hydrogens is 309 g/mol. The van der Waals surface area contributed by atoms with E-state index in [1.165, 1.54) is 4.57 Å². The largest absolute Gasteiger partial charge is 0.405 e. The lowest BCUT2D eigenvalue weighted by molar-refractivity contribution is -0.135. The van der Waals surface area contributed by atoms with E-state index in [2.05, 4.69) is 5.73 Å². The third-order valence-electron chi connectivity index (χ3n) is 2.34. The van der Waals surface area contributed by atoms with E-state index in [9.17, 15) is 22.8 Å². The Bertz CT molecular complexity index is 741. The lowest BCUT2D eigenvalue weighted by atomic mass is 10.4. The van der Waals surface area contributed by atoms with E-state index in [1.54, 1.807) is 12.2 Å². The van der Waals surface area contributed by atoms with E-state index >= 15 is 0 Å². The summed E-state index contributed by atoms with van der Waals surface area (Å²) in [6.45, 7) is 0.328. The molecule has 10 heteroatoms. The van der Waals surface area contributed by atoms with Gasteiger partial charge in [0, 0.05) is 12.7 Å². The maximum Gasteiger partial charge on any atom is 0.405 e. The highest BCUT2D eigenvalue weighted by Crippen LogP contribution is 2.12. The van der Waals surface area contributed by atoms with Gasteiger partial charge in [-0.25, -0.2) is 0 Å². The topological polar surface area (TPSA) is 103 Å². The average molecular weight is 322 g/mol. The van der Waals surface area contributed by atoms with Gasteiger partial charge >= 0.3 is 6.18 Å². The standard InChI is InChI=1S/C11H13F3N4O2S/c1-2-18-9(20)6(3-4-15)21-10(18)7(16)8(19)17-5-11(12,13)14/h4H,2,5,15-16H2,1H3,(H,17,19)/b10-7+. The number of nitrogens with two attached hydrogens (primary N) is 2. The van der Waals surface area contributed by atoms with E-state index in [4.69, 9.17) is 11.5 Å². The zero-order valence-corrected chi connectivity index (χ0v) is 11.8. The number of amides is 1. The summed E-state index contributed by atoms with van der Waals surface area (Å²) in [6, 6.07) is 0. The van der Waals surface area contributed by atoms with Crippen molar-refractivity contribution in [3.05, 3.63) is 25.7 Å². The zero-order chi connectivity index (χ0) is 16.2. The van der Waals surface area contributed by atoms with E-state index in [1.807, 2.05) is 0 Å². The molecule has 0 bridgehead atoms.